The third kappa shape index (κ3) is 2.86. The van der Waals surface area contributed by atoms with Gasteiger partial charge in [0.05, 0.1) is 6.10 Å². The zero-order valence-electron chi connectivity index (χ0n) is 10.9. The van der Waals surface area contributed by atoms with Crippen molar-refractivity contribution < 1.29 is 9.53 Å². The first-order valence-electron chi connectivity index (χ1n) is 6.62. The lowest BCUT2D eigenvalue weighted by Crippen LogP contribution is -2.31. The van der Waals surface area contributed by atoms with Crippen LogP contribution in [-0.2, 0) is 4.74 Å². The van der Waals surface area contributed by atoms with Gasteiger partial charge in [0.25, 0.3) is 5.91 Å². The van der Waals surface area contributed by atoms with Crippen molar-refractivity contribution in [2.24, 2.45) is 0 Å². The summed E-state index contributed by atoms with van der Waals surface area (Å²) < 4.78 is 9.39. The second kappa shape index (κ2) is 6.11. The molecule has 1 aliphatic heterocycles. The normalized spacial score (nSPS) is 18.1. The van der Waals surface area contributed by atoms with Gasteiger partial charge >= 0.3 is 0 Å². The van der Waals surface area contributed by atoms with E-state index in [2.05, 4.69) is 14.9 Å². The highest BCUT2D eigenvalue weighted by Gasteiger charge is 2.20. The fraction of sp³-hybridized carbons (Fsp3) is 0.357. The van der Waals surface area contributed by atoms with Gasteiger partial charge in [0.1, 0.15) is 10.6 Å². The Labute approximate surface area is 121 Å². The lowest BCUT2D eigenvalue weighted by Gasteiger charge is -2.10. The van der Waals surface area contributed by atoms with Crippen LogP contribution in [-0.4, -0.2) is 34.7 Å². The van der Waals surface area contributed by atoms with Crippen LogP contribution in [0.15, 0.2) is 30.3 Å². The smallest absolute Gasteiger partial charge is 0.265 e. The zero-order valence-corrected chi connectivity index (χ0v) is 11.7. The molecular formula is C14H15N3O2S. The van der Waals surface area contributed by atoms with Crippen molar-refractivity contribution in [3.63, 3.8) is 0 Å². The summed E-state index contributed by atoms with van der Waals surface area (Å²) >= 11 is 1.12. The first-order valence-corrected chi connectivity index (χ1v) is 7.39. The average Bonchev–Trinajstić information content (AvgIpc) is 3.17. The highest BCUT2D eigenvalue weighted by atomic mass is 32.1. The molecule has 1 aromatic carbocycles. The average molecular weight is 289 g/mol. The van der Waals surface area contributed by atoms with E-state index < -0.39 is 0 Å². The lowest BCUT2D eigenvalue weighted by atomic mass is 10.1. The highest BCUT2D eigenvalue weighted by Crippen LogP contribution is 2.23. The number of rotatable bonds is 4. The molecule has 104 valence electrons. The Bertz CT molecular complexity index is 579. The molecule has 0 bridgehead atoms. The zero-order chi connectivity index (χ0) is 13.8. The number of carbonyl (C=O) groups is 1. The maximum absolute atomic E-state index is 12.2. The lowest BCUT2D eigenvalue weighted by molar-refractivity contribution is 0.0861. The van der Waals surface area contributed by atoms with Gasteiger partial charge in [0.15, 0.2) is 0 Å². The second-order valence-corrected chi connectivity index (χ2v) is 5.42. The minimum absolute atomic E-state index is 0.130. The minimum atomic E-state index is -0.130. The molecule has 5 nitrogen and oxygen atoms in total. The van der Waals surface area contributed by atoms with Crippen molar-refractivity contribution in [3.8, 4) is 11.3 Å². The van der Waals surface area contributed by atoms with Crippen LogP contribution in [0, 0.1) is 0 Å². The molecule has 1 fully saturated rings. The molecule has 0 radical (unpaired) electrons. The van der Waals surface area contributed by atoms with Gasteiger partial charge in [-0.25, -0.2) is 0 Å². The van der Waals surface area contributed by atoms with E-state index in [-0.39, 0.29) is 12.0 Å². The van der Waals surface area contributed by atoms with Gasteiger partial charge in [0.2, 0.25) is 0 Å². The van der Waals surface area contributed by atoms with Crippen molar-refractivity contribution in [2.45, 2.75) is 18.9 Å². The molecule has 1 saturated heterocycles. The Balaban J connectivity index is 1.70. The maximum Gasteiger partial charge on any atom is 0.265 e. The molecule has 0 aliphatic carbocycles. The number of amides is 1. The van der Waals surface area contributed by atoms with Crippen LogP contribution in [0.3, 0.4) is 0 Å². The number of aromatic nitrogens is 2. The molecule has 2 aromatic rings. The highest BCUT2D eigenvalue weighted by molar-refractivity contribution is 7.08. The molecule has 6 heteroatoms. The van der Waals surface area contributed by atoms with E-state index in [0.29, 0.717) is 17.1 Å². The van der Waals surface area contributed by atoms with Crippen molar-refractivity contribution in [1.82, 2.24) is 14.9 Å². The molecule has 0 unspecified atom stereocenters. The van der Waals surface area contributed by atoms with Crippen molar-refractivity contribution in [1.29, 1.82) is 0 Å². The molecule has 2 heterocycles. The van der Waals surface area contributed by atoms with Crippen LogP contribution in [0.2, 0.25) is 0 Å². The van der Waals surface area contributed by atoms with Gasteiger partial charge in [-0.05, 0) is 24.4 Å². The van der Waals surface area contributed by atoms with Crippen molar-refractivity contribution in [2.75, 3.05) is 13.2 Å². The van der Waals surface area contributed by atoms with E-state index >= 15 is 0 Å². The van der Waals surface area contributed by atoms with E-state index in [9.17, 15) is 4.79 Å². The fourth-order valence-corrected chi connectivity index (χ4v) is 2.82. The van der Waals surface area contributed by atoms with Crippen LogP contribution in [0.4, 0.5) is 0 Å². The van der Waals surface area contributed by atoms with E-state index in [4.69, 9.17) is 4.74 Å². The number of nitrogens with one attached hydrogen (secondary N) is 1. The minimum Gasteiger partial charge on any atom is -0.376 e. The summed E-state index contributed by atoms with van der Waals surface area (Å²) in [5, 5.41) is 6.97. The Hall–Kier alpha value is -1.79. The Morgan fingerprint density at radius 3 is 3.00 bits per heavy atom. The van der Waals surface area contributed by atoms with Crippen LogP contribution in [0.5, 0.6) is 0 Å². The van der Waals surface area contributed by atoms with E-state index in [1.807, 2.05) is 30.3 Å². The monoisotopic (exact) mass is 289 g/mol. The Morgan fingerprint density at radius 1 is 1.40 bits per heavy atom. The summed E-state index contributed by atoms with van der Waals surface area (Å²) in [6.45, 7) is 1.34. The van der Waals surface area contributed by atoms with E-state index in [0.717, 1.165) is 36.5 Å². The van der Waals surface area contributed by atoms with E-state index in [1.165, 1.54) is 0 Å². The summed E-state index contributed by atoms with van der Waals surface area (Å²) in [7, 11) is 0. The van der Waals surface area contributed by atoms with Crippen LogP contribution in [0.1, 0.15) is 22.5 Å². The summed E-state index contributed by atoms with van der Waals surface area (Å²) in [6, 6.07) is 9.62. The summed E-state index contributed by atoms with van der Waals surface area (Å²) in [4.78, 5) is 12.8. The molecule has 20 heavy (non-hydrogen) atoms. The van der Waals surface area contributed by atoms with Gasteiger partial charge < -0.3 is 10.1 Å². The van der Waals surface area contributed by atoms with Crippen molar-refractivity contribution >= 4 is 17.4 Å². The largest absolute Gasteiger partial charge is 0.376 e. The fourth-order valence-electron chi connectivity index (χ4n) is 2.22. The van der Waals surface area contributed by atoms with Gasteiger partial charge in [-0.2, -0.15) is 0 Å². The number of carbonyl (C=O) groups excluding carboxylic acids is 1. The summed E-state index contributed by atoms with van der Waals surface area (Å²) in [5.41, 5.74) is 1.55. The third-order valence-corrected chi connectivity index (χ3v) is 3.98. The molecule has 1 aromatic heterocycles. The van der Waals surface area contributed by atoms with Gasteiger partial charge in [0, 0.05) is 18.7 Å². The number of hydrogen-bond donors (Lipinski definition) is 1. The Kier molecular flexibility index (Phi) is 4.03. The maximum atomic E-state index is 12.2. The molecule has 1 N–H and O–H groups in total. The van der Waals surface area contributed by atoms with Crippen LogP contribution >= 0.6 is 11.5 Å². The predicted octanol–water partition coefficient (Wildman–Crippen LogP) is 2.11. The van der Waals surface area contributed by atoms with Gasteiger partial charge in [-0.3, -0.25) is 4.79 Å². The summed E-state index contributed by atoms with van der Waals surface area (Å²) in [6.07, 6.45) is 2.21. The topological polar surface area (TPSA) is 64.1 Å². The second-order valence-electron chi connectivity index (χ2n) is 4.66. The summed E-state index contributed by atoms with van der Waals surface area (Å²) in [5.74, 6) is -0.130. The first kappa shape index (κ1) is 13.2. The van der Waals surface area contributed by atoms with E-state index in [1.54, 1.807) is 0 Å². The first-order chi connectivity index (χ1) is 9.84. The van der Waals surface area contributed by atoms with Gasteiger partial charge in [-0.1, -0.05) is 34.8 Å². The quantitative estimate of drug-likeness (QED) is 0.936. The van der Waals surface area contributed by atoms with Crippen LogP contribution < -0.4 is 5.32 Å². The molecular weight excluding hydrogens is 274 g/mol. The number of benzene rings is 1. The van der Waals surface area contributed by atoms with Crippen LogP contribution in [0.25, 0.3) is 11.3 Å². The molecule has 1 aliphatic rings. The molecule has 1 atom stereocenters. The standard InChI is InChI=1S/C14H15N3O2S/c18-14(15-9-11-7-4-8-19-11)13-12(16-17-20-13)10-5-2-1-3-6-10/h1-3,5-6,11H,4,7-9H2,(H,15,18)/t11-/m1/s1. The third-order valence-electron chi connectivity index (χ3n) is 3.26. The SMILES string of the molecule is O=C(NC[C@H]1CCCO1)c1snnc1-c1ccccc1. The number of ether oxygens (including phenoxy) is 1. The van der Waals surface area contributed by atoms with Crippen molar-refractivity contribution in [3.05, 3.63) is 35.2 Å². The molecule has 3 rings (SSSR count). The predicted molar refractivity (Wildman–Crippen MR) is 76.7 cm³/mol. The molecule has 0 saturated carbocycles. The Morgan fingerprint density at radius 2 is 2.25 bits per heavy atom. The molecule has 0 spiro atoms. The molecule has 1 amide bonds. The number of hydrogen-bond acceptors (Lipinski definition) is 5. The number of nitrogens with zero attached hydrogens (tertiary/aromatic N) is 2. The van der Waals surface area contributed by atoms with Gasteiger partial charge in [-0.15, -0.1) is 5.10 Å².